The van der Waals surface area contributed by atoms with Crippen LogP contribution >= 0.6 is 11.3 Å². The molecule has 1 saturated carbocycles. The number of thiazole rings is 1. The van der Waals surface area contributed by atoms with Crippen molar-refractivity contribution in [3.8, 4) is 0 Å². The highest BCUT2D eigenvalue weighted by Gasteiger charge is 2.18. The standard InChI is InChI=1S/C16H22N4O2S/c1-3-13-18-14-15(23-13)10(2)19-20(16(14)22)9-12(21)17-11-7-5-4-6-8-11/h11H,3-9H2,1-2H3,(H,17,21). The zero-order valence-electron chi connectivity index (χ0n) is 13.6. The van der Waals surface area contributed by atoms with Gasteiger partial charge < -0.3 is 5.32 Å². The van der Waals surface area contributed by atoms with Crippen LogP contribution in [0.5, 0.6) is 0 Å². The fraction of sp³-hybridized carbons (Fsp3) is 0.625. The minimum absolute atomic E-state index is 0.0366. The quantitative estimate of drug-likeness (QED) is 0.929. The smallest absolute Gasteiger partial charge is 0.294 e. The Hall–Kier alpha value is -1.76. The number of amides is 1. The number of fused-ring (bicyclic) bond motifs is 1. The lowest BCUT2D eigenvalue weighted by Gasteiger charge is -2.22. The van der Waals surface area contributed by atoms with E-state index < -0.39 is 0 Å². The summed E-state index contributed by atoms with van der Waals surface area (Å²) in [6.45, 7) is 3.83. The van der Waals surface area contributed by atoms with Crippen LogP contribution in [0.2, 0.25) is 0 Å². The first kappa shape index (κ1) is 16.1. The molecule has 0 atom stereocenters. The van der Waals surface area contributed by atoms with Crippen molar-refractivity contribution in [2.24, 2.45) is 0 Å². The zero-order chi connectivity index (χ0) is 16.4. The highest BCUT2D eigenvalue weighted by Crippen LogP contribution is 2.22. The molecular formula is C16H22N4O2S. The average molecular weight is 334 g/mol. The third-order valence-corrected chi connectivity index (χ3v) is 5.58. The Kier molecular flexibility index (Phi) is 4.75. The summed E-state index contributed by atoms with van der Waals surface area (Å²) in [7, 11) is 0. The topological polar surface area (TPSA) is 76.9 Å². The summed E-state index contributed by atoms with van der Waals surface area (Å²) in [6, 6.07) is 0.239. The Balaban J connectivity index is 1.80. The van der Waals surface area contributed by atoms with Crippen LogP contribution in [0.4, 0.5) is 0 Å². The normalized spacial score (nSPS) is 15.9. The second kappa shape index (κ2) is 6.78. The molecule has 6 nitrogen and oxygen atoms in total. The van der Waals surface area contributed by atoms with E-state index in [1.807, 2.05) is 13.8 Å². The fourth-order valence-electron chi connectivity index (χ4n) is 3.06. The Morgan fingerprint density at radius 2 is 2.09 bits per heavy atom. The van der Waals surface area contributed by atoms with Gasteiger partial charge in [0, 0.05) is 6.04 Å². The van der Waals surface area contributed by atoms with Gasteiger partial charge in [-0.3, -0.25) is 9.59 Å². The van der Waals surface area contributed by atoms with Crippen molar-refractivity contribution in [2.45, 2.75) is 65.0 Å². The number of nitrogens with zero attached hydrogens (tertiary/aromatic N) is 3. The summed E-state index contributed by atoms with van der Waals surface area (Å²) >= 11 is 1.51. The Labute approximate surface area is 138 Å². The third-order valence-electron chi connectivity index (χ3n) is 4.27. The van der Waals surface area contributed by atoms with Crippen LogP contribution in [0.15, 0.2) is 4.79 Å². The number of carbonyl (C=O) groups is 1. The predicted molar refractivity (Wildman–Crippen MR) is 90.8 cm³/mol. The highest BCUT2D eigenvalue weighted by molar-refractivity contribution is 7.18. The van der Waals surface area contributed by atoms with Crippen LogP contribution in [0.25, 0.3) is 10.2 Å². The minimum atomic E-state index is -0.277. The van der Waals surface area contributed by atoms with E-state index in [9.17, 15) is 9.59 Å². The van der Waals surface area contributed by atoms with Gasteiger partial charge in [0.15, 0.2) is 5.52 Å². The van der Waals surface area contributed by atoms with Crippen LogP contribution in [0.1, 0.15) is 49.7 Å². The second-order valence-corrected chi connectivity index (χ2v) is 7.17. The lowest BCUT2D eigenvalue weighted by atomic mass is 9.95. The van der Waals surface area contributed by atoms with Crippen molar-refractivity contribution in [1.29, 1.82) is 0 Å². The van der Waals surface area contributed by atoms with Crippen molar-refractivity contribution >= 4 is 27.5 Å². The molecule has 1 N–H and O–H groups in total. The summed E-state index contributed by atoms with van der Waals surface area (Å²) in [5, 5.41) is 8.24. The first-order chi connectivity index (χ1) is 11.1. The first-order valence-electron chi connectivity index (χ1n) is 8.25. The van der Waals surface area contributed by atoms with E-state index in [2.05, 4.69) is 15.4 Å². The fourth-order valence-corrected chi connectivity index (χ4v) is 4.00. The van der Waals surface area contributed by atoms with E-state index in [1.165, 1.54) is 22.4 Å². The third kappa shape index (κ3) is 3.44. The molecule has 2 aromatic heterocycles. The highest BCUT2D eigenvalue weighted by atomic mass is 32.1. The largest absolute Gasteiger partial charge is 0.352 e. The lowest BCUT2D eigenvalue weighted by Crippen LogP contribution is -2.40. The van der Waals surface area contributed by atoms with Crippen molar-refractivity contribution in [3.63, 3.8) is 0 Å². The molecule has 1 aliphatic carbocycles. The van der Waals surface area contributed by atoms with Gasteiger partial charge in [0.25, 0.3) is 5.56 Å². The van der Waals surface area contributed by atoms with Crippen LogP contribution in [-0.2, 0) is 17.8 Å². The van der Waals surface area contributed by atoms with Gasteiger partial charge in [-0.25, -0.2) is 9.67 Å². The maximum Gasteiger partial charge on any atom is 0.294 e. The average Bonchev–Trinajstić information content (AvgIpc) is 2.98. The van der Waals surface area contributed by atoms with Crippen LogP contribution in [-0.4, -0.2) is 26.7 Å². The molecule has 0 radical (unpaired) electrons. The first-order valence-corrected chi connectivity index (χ1v) is 9.06. The van der Waals surface area contributed by atoms with E-state index in [1.54, 1.807) is 0 Å². The van der Waals surface area contributed by atoms with Gasteiger partial charge in [-0.1, -0.05) is 26.2 Å². The molecule has 23 heavy (non-hydrogen) atoms. The zero-order valence-corrected chi connectivity index (χ0v) is 14.4. The second-order valence-electron chi connectivity index (χ2n) is 6.09. The van der Waals surface area contributed by atoms with Gasteiger partial charge in [0.2, 0.25) is 5.91 Å². The van der Waals surface area contributed by atoms with Crippen molar-refractivity contribution in [1.82, 2.24) is 20.1 Å². The van der Waals surface area contributed by atoms with Gasteiger partial charge in [-0.2, -0.15) is 5.10 Å². The molecule has 124 valence electrons. The number of rotatable bonds is 4. The van der Waals surface area contributed by atoms with Crippen LogP contribution in [0.3, 0.4) is 0 Å². The lowest BCUT2D eigenvalue weighted by molar-refractivity contribution is -0.122. The number of hydrogen-bond acceptors (Lipinski definition) is 5. The van der Waals surface area contributed by atoms with Gasteiger partial charge in [0.1, 0.15) is 6.54 Å². The number of aryl methyl sites for hydroxylation is 2. The summed E-state index contributed by atoms with van der Waals surface area (Å²) in [5.74, 6) is -0.142. The molecule has 0 spiro atoms. The Bertz CT molecular complexity index is 774. The van der Waals surface area contributed by atoms with Gasteiger partial charge in [0.05, 0.1) is 15.4 Å². The molecule has 2 heterocycles. The molecule has 2 aromatic rings. The summed E-state index contributed by atoms with van der Waals surface area (Å²) in [4.78, 5) is 29.1. The maximum absolute atomic E-state index is 12.5. The molecule has 0 unspecified atom stereocenters. The van der Waals surface area contributed by atoms with E-state index in [4.69, 9.17) is 0 Å². The molecule has 3 rings (SSSR count). The molecule has 0 saturated heterocycles. The molecule has 1 amide bonds. The Morgan fingerprint density at radius 3 is 2.78 bits per heavy atom. The summed E-state index contributed by atoms with van der Waals surface area (Å²) in [5.41, 5.74) is 0.910. The molecule has 7 heteroatoms. The molecule has 0 aliphatic heterocycles. The van der Waals surface area contributed by atoms with Gasteiger partial charge in [-0.15, -0.1) is 11.3 Å². The van der Waals surface area contributed by atoms with Crippen molar-refractivity contribution in [2.75, 3.05) is 0 Å². The molecule has 1 aliphatic rings. The molecule has 1 fully saturated rings. The van der Waals surface area contributed by atoms with Crippen molar-refractivity contribution in [3.05, 3.63) is 21.1 Å². The SMILES string of the molecule is CCc1nc2c(=O)n(CC(=O)NC3CCCCC3)nc(C)c2s1. The van der Waals surface area contributed by atoms with E-state index in [0.29, 0.717) is 5.52 Å². The number of hydrogen-bond donors (Lipinski definition) is 1. The van der Waals surface area contributed by atoms with Gasteiger partial charge >= 0.3 is 0 Å². The monoisotopic (exact) mass is 334 g/mol. The van der Waals surface area contributed by atoms with Crippen LogP contribution < -0.4 is 10.9 Å². The predicted octanol–water partition coefficient (Wildman–Crippen LogP) is 2.17. The number of carbonyl (C=O) groups excluding carboxylic acids is 1. The van der Waals surface area contributed by atoms with E-state index in [-0.39, 0.29) is 24.1 Å². The van der Waals surface area contributed by atoms with Crippen molar-refractivity contribution < 1.29 is 4.79 Å². The number of aromatic nitrogens is 3. The van der Waals surface area contributed by atoms with Gasteiger partial charge in [-0.05, 0) is 26.2 Å². The van der Waals surface area contributed by atoms with E-state index >= 15 is 0 Å². The maximum atomic E-state index is 12.5. The molecular weight excluding hydrogens is 312 g/mol. The minimum Gasteiger partial charge on any atom is -0.352 e. The summed E-state index contributed by atoms with van der Waals surface area (Å²) in [6.07, 6.45) is 6.41. The molecule has 0 bridgehead atoms. The Morgan fingerprint density at radius 1 is 1.35 bits per heavy atom. The van der Waals surface area contributed by atoms with Crippen LogP contribution in [0, 0.1) is 6.92 Å². The number of nitrogens with one attached hydrogen (secondary N) is 1. The summed E-state index contributed by atoms with van der Waals surface area (Å²) < 4.78 is 2.07. The molecule has 0 aromatic carbocycles. The van der Waals surface area contributed by atoms with E-state index in [0.717, 1.165) is 47.5 Å².